The number of halogens is 2. The monoisotopic (exact) mass is 360 g/mol. The van der Waals surface area contributed by atoms with Crippen molar-refractivity contribution < 1.29 is 4.79 Å². The molecule has 0 radical (unpaired) electrons. The van der Waals surface area contributed by atoms with E-state index in [2.05, 4.69) is 10.2 Å². The number of carbonyl (C=O) groups excluding carboxylic acids is 1. The third kappa shape index (κ3) is 3.42. The van der Waals surface area contributed by atoms with Crippen LogP contribution in [0.1, 0.15) is 11.4 Å². The summed E-state index contributed by atoms with van der Waals surface area (Å²) in [5, 5.41) is 9.18. The number of hydrogen-bond acceptors (Lipinski definition) is 3. The summed E-state index contributed by atoms with van der Waals surface area (Å²) in [6, 6.07) is 10.8. The molecule has 3 aromatic rings. The highest BCUT2D eigenvalue weighted by Gasteiger charge is 2.11. The van der Waals surface area contributed by atoms with E-state index in [-0.39, 0.29) is 5.91 Å². The Balaban J connectivity index is 1.74. The number of likely N-dealkylation sites (N-methyl/N-ethyl adjacent to an activating group) is 1. The predicted molar refractivity (Wildman–Crippen MR) is 95.0 cm³/mol. The highest BCUT2D eigenvalue weighted by molar-refractivity contribution is 6.37. The highest BCUT2D eigenvalue weighted by Crippen LogP contribution is 2.25. The molecule has 7 heteroatoms. The second-order valence-electron chi connectivity index (χ2n) is 5.21. The molecule has 2 aromatic heterocycles. The van der Waals surface area contributed by atoms with Gasteiger partial charge >= 0.3 is 0 Å². The summed E-state index contributed by atoms with van der Waals surface area (Å²) in [6.07, 6.45) is 4.92. The molecule has 0 atom stereocenters. The third-order valence-electron chi connectivity index (χ3n) is 3.53. The Morgan fingerprint density at radius 3 is 2.67 bits per heavy atom. The number of rotatable bonds is 4. The Kier molecular flexibility index (Phi) is 4.83. The van der Waals surface area contributed by atoms with E-state index in [1.54, 1.807) is 36.2 Å². The molecule has 5 nitrogen and oxygen atoms in total. The van der Waals surface area contributed by atoms with Crippen molar-refractivity contribution in [2.24, 2.45) is 0 Å². The predicted octanol–water partition coefficient (Wildman–Crippen LogP) is 3.71. The minimum Gasteiger partial charge on any atom is -0.335 e. The topological polar surface area (TPSA) is 50.5 Å². The van der Waals surface area contributed by atoms with Gasteiger partial charge in [0.1, 0.15) is 0 Å². The van der Waals surface area contributed by atoms with Crippen LogP contribution in [0.5, 0.6) is 0 Å². The second kappa shape index (κ2) is 7.03. The molecule has 1 aromatic carbocycles. The smallest absolute Gasteiger partial charge is 0.246 e. The number of fused-ring (bicyclic) bond motifs is 1. The van der Waals surface area contributed by atoms with Gasteiger partial charge in [-0.15, -0.1) is 10.2 Å². The molecule has 24 heavy (non-hydrogen) atoms. The van der Waals surface area contributed by atoms with Gasteiger partial charge in [-0.05, 0) is 30.3 Å². The van der Waals surface area contributed by atoms with Crippen molar-refractivity contribution in [1.82, 2.24) is 19.5 Å². The van der Waals surface area contributed by atoms with Crippen molar-refractivity contribution in [3.05, 3.63) is 70.1 Å². The van der Waals surface area contributed by atoms with Gasteiger partial charge in [0.25, 0.3) is 0 Å². The molecule has 0 N–H and O–H groups in total. The average molecular weight is 361 g/mol. The molecule has 0 saturated heterocycles. The zero-order valence-corrected chi connectivity index (χ0v) is 14.4. The van der Waals surface area contributed by atoms with Gasteiger partial charge in [-0.2, -0.15) is 0 Å². The van der Waals surface area contributed by atoms with Gasteiger partial charge in [0.05, 0.1) is 6.54 Å². The first-order valence-electron chi connectivity index (χ1n) is 7.22. The van der Waals surface area contributed by atoms with Crippen LogP contribution in [0.4, 0.5) is 0 Å². The van der Waals surface area contributed by atoms with Crippen LogP contribution in [-0.2, 0) is 11.3 Å². The first kappa shape index (κ1) is 16.5. The summed E-state index contributed by atoms with van der Waals surface area (Å²) in [7, 11) is 1.70. The van der Waals surface area contributed by atoms with Gasteiger partial charge in [0.15, 0.2) is 11.5 Å². The van der Waals surface area contributed by atoms with Crippen LogP contribution in [0.2, 0.25) is 10.0 Å². The summed E-state index contributed by atoms with van der Waals surface area (Å²) < 4.78 is 1.85. The molecule has 3 rings (SSSR count). The van der Waals surface area contributed by atoms with E-state index in [1.165, 1.54) is 6.08 Å². The van der Waals surface area contributed by atoms with Crippen LogP contribution in [0.25, 0.3) is 11.7 Å². The molecule has 0 bridgehead atoms. The van der Waals surface area contributed by atoms with E-state index in [0.717, 1.165) is 5.65 Å². The summed E-state index contributed by atoms with van der Waals surface area (Å²) in [5.41, 5.74) is 1.36. The lowest BCUT2D eigenvalue weighted by atomic mass is 10.2. The molecule has 0 fully saturated rings. The Morgan fingerprint density at radius 2 is 1.92 bits per heavy atom. The lowest BCUT2D eigenvalue weighted by Gasteiger charge is -2.13. The maximum absolute atomic E-state index is 12.3. The lowest BCUT2D eigenvalue weighted by Crippen LogP contribution is -2.25. The Morgan fingerprint density at radius 1 is 1.17 bits per heavy atom. The van der Waals surface area contributed by atoms with Crippen LogP contribution in [0.3, 0.4) is 0 Å². The Bertz CT molecular complexity index is 900. The number of nitrogens with zero attached hydrogens (tertiary/aromatic N) is 4. The van der Waals surface area contributed by atoms with Crippen molar-refractivity contribution >= 4 is 40.8 Å². The number of carbonyl (C=O) groups is 1. The number of amides is 1. The van der Waals surface area contributed by atoms with Gasteiger partial charge in [-0.3, -0.25) is 9.20 Å². The fourth-order valence-electron chi connectivity index (χ4n) is 2.24. The quantitative estimate of drug-likeness (QED) is 0.666. The van der Waals surface area contributed by atoms with Gasteiger partial charge in [-0.25, -0.2) is 0 Å². The minimum absolute atomic E-state index is 0.182. The van der Waals surface area contributed by atoms with Crippen molar-refractivity contribution in [1.29, 1.82) is 0 Å². The minimum atomic E-state index is -0.182. The van der Waals surface area contributed by atoms with E-state index in [9.17, 15) is 4.79 Å². The molecule has 2 heterocycles. The molecule has 0 unspecified atom stereocenters. The van der Waals surface area contributed by atoms with Gasteiger partial charge in [0.2, 0.25) is 5.91 Å². The van der Waals surface area contributed by atoms with Crippen LogP contribution in [0, 0.1) is 0 Å². The third-order valence-corrected chi connectivity index (χ3v) is 4.19. The van der Waals surface area contributed by atoms with Crippen LogP contribution >= 0.6 is 23.2 Å². The van der Waals surface area contributed by atoms with Crippen molar-refractivity contribution in [3.63, 3.8) is 0 Å². The highest BCUT2D eigenvalue weighted by atomic mass is 35.5. The summed E-state index contributed by atoms with van der Waals surface area (Å²) in [6.45, 7) is 0.338. The summed E-state index contributed by atoms with van der Waals surface area (Å²) in [4.78, 5) is 13.8. The maximum Gasteiger partial charge on any atom is 0.246 e. The van der Waals surface area contributed by atoms with Crippen molar-refractivity contribution in [3.8, 4) is 0 Å². The first-order chi connectivity index (χ1) is 11.6. The fraction of sp³-hybridized carbons (Fsp3) is 0.118. The van der Waals surface area contributed by atoms with Crippen molar-refractivity contribution in [2.75, 3.05) is 7.05 Å². The molecule has 0 aliphatic heterocycles. The lowest BCUT2D eigenvalue weighted by molar-refractivity contribution is -0.125. The Labute approximate surface area is 149 Å². The van der Waals surface area contributed by atoms with Gasteiger partial charge in [0, 0.05) is 34.9 Å². The second-order valence-corrected chi connectivity index (χ2v) is 6.02. The average Bonchev–Trinajstić information content (AvgIpc) is 2.97. The number of benzene rings is 1. The molecule has 0 aliphatic rings. The summed E-state index contributed by atoms with van der Waals surface area (Å²) in [5.74, 6) is 0.504. The SMILES string of the molecule is CN(Cc1nnc2ccccn12)C(=O)C=Cc1c(Cl)cccc1Cl. The fourth-order valence-corrected chi connectivity index (χ4v) is 2.76. The maximum atomic E-state index is 12.3. The van der Waals surface area contributed by atoms with E-state index in [4.69, 9.17) is 23.2 Å². The van der Waals surface area contributed by atoms with E-state index < -0.39 is 0 Å². The summed E-state index contributed by atoms with van der Waals surface area (Å²) >= 11 is 12.2. The number of hydrogen-bond donors (Lipinski definition) is 0. The molecule has 122 valence electrons. The molecule has 0 saturated carbocycles. The van der Waals surface area contributed by atoms with E-state index in [0.29, 0.717) is 28.0 Å². The molecule has 1 amide bonds. The normalized spacial score (nSPS) is 11.3. The Hall–Kier alpha value is -2.37. The molecular formula is C17H14Cl2N4O. The van der Waals surface area contributed by atoms with Gasteiger partial charge < -0.3 is 4.90 Å². The largest absolute Gasteiger partial charge is 0.335 e. The zero-order valence-electron chi connectivity index (χ0n) is 12.9. The van der Waals surface area contributed by atoms with E-state index >= 15 is 0 Å². The molecule has 0 spiro atoms. The van der Waals surface area contributed by atoms with Crippen LogP contribution in [-0.4, -0.2) is 32.5 Å². The number of pyridine rings is 1. The number of aromatic nitrogens is 3. The first-order valence-corrected chi connectivity index (χ1v) is 7.97. The molecular weight excluding hydrogens is 347 g/mol. The van der Waals surface area contributed by atoms with Crippen LogP contribution < -0.4 is 0 Å². The zero-order chi connectivity index (χ0) is 17.1. The van der Waals surface area contributed by atoms with E-state index in [1.807, 2.05) is 28.8 Å². The standard InChI is InChI=1S/C17H14Cl2N4O/c1-22(11-16-21-20-15-7-2-3-10-23(15)16)17(24)9-8-12-13(18)5-4-6-14(12)19/h2-10H,11H2,1H3. The van der Waals surface area contributed by atoms with Crippen molar-refractivity contribution in [2.45, 2.75) is 6.54 Å². The molecule has 0 aliphatic carbocycles. The van der Waals surface area contributed by atoms with Gasteiger partial charge in [-0.1, -0.05) is 35.3 Å². The van der Waals surface area contributed by atoms with Crippen LogP contribution in [0.15, 0.2) is 48.7 Å².